The number of methoxy groups -OCH3 is 6. The molecule has 8 heterocycles. The number of ether oxygens (including phenoxy) is 6. The van der Waals surface area contributed by atoms with E-state index in [1.165, 1.54) is 55.9 Å². The number of nitrogens with zero attached hydrogens (tertiary/aromatic N) is 4. The van der Waals surface area contributed by atoms with Gasteiger partial charge in [-0.2, -0.15) is 17.2 Å². The predicted molar refractivity (Wildman–Crippen MR) is 450 cm³/mol. The summed E-state index contributed by atoms with van der Waals surface area (Å²) >= 11 is 6.12. The Morgan fingerprint density at radius 3 is 1.10 bits per heavy atom. The number of hydrogen-bond acceptors (Lipinski definition) is 15. The fourth-order valence-corrected chi connectivity index (χ4v) is 22.4. The molecule has 24 nitrogen and oxygen atoms in total. The van der Waals surface area contributed by atoms with E-state index in [0.29, 0.717) is 98.1 Å². The molecule has 0 unspecified atom stereocenters. The van der Waals surface area contributed by atoms with Crippen LogP contribution < -0.4 is 33.7 Å². The molecule has 1 amide bonds. The number of piperidine rings is 4. The van der Waals surface area contributed by atoms with Crippen molar-refractivity contribution in [1.29, 1.82) is 0 Å². The van der Waals surface area contributed by atoms with Gasteiger partial charge >= 0.3 is 0 Å². The smallest absolute Gasteiger partial charge is 0.246 e. The molecular weight excluding hydrogens is 1560 g/mol. The summed E-state index contributed by atoms with van der Waals surface area (Å²) in [5.74, 6) is 4.76. The summed E-state index contributed by atoms with van der Waals surface area (Å²) in [5, 5.41) is 7.77. The van der Waals surface area contributed by atoms with Gasteiger partial charge in [0.05, 0.1) is 52.4 Å². The predicted octanol–water partition coefficient (Wildman–Crippen LogP) is 16.2. The lowest BCUT2D eigenvalue weighted by atomic mass is 9.90. The van der Waals surface area contributed by atoms with Crippen LogP contribution in [-0.2, 0) is 44.9 Å². The van der Waals surface area contributed by atoms with Crippen LogP contribution in [0.2, 0.25) is 5.02 Å². The Hall–Kier alpha value is -9.88. The van der Waals surface area contributed by atoms with Crippen molar-refractivity contribution < 1.29 is 66.9 Å². The lowest BCUT2D eigenvalue weighted by Gasteiger charge is -2.31. The first-order valence-electron chi connectivity index (χ1n) is 38.3. The number of anilines is 1. The molecule has 0 bridgehead atoms. The van der Waals surface area contributed by atoms with Gasteiger partial charge < -0.3 is 53.7 Å². The molecule has 16 rings (SSSR count). The highest BCUT2D eigenvalue weighted by atomic mass is 35.5. The first kappa shape index (κ1) is 83.1. The molecule has 0 atom stereocenters. The molecule has 115 heavy (non-hydrogen) atoms. The Labute approximate surface area is 677 Å². The highest BCUT2D eigenvalue weighted by Crippen LogP contribution is 2.43. The van der Waals surface area contributed by atoms with Crippen LogP contribution in [0.25, 0.3) is 43.6 Å². The van der Waals surface area contributed by atoms with Gasteiger partial charge in [-0.25, -0.2) is 33.7 Å². The summed E-state index contributed by atoms with van der Waals surface area (Å²) < 4.78 is 143. The van der Waals surface area contributed by atoms with E-state index in [4.69, 9.17) is 40.0 Å². The van der Waals surface area contributed by atoms with Crippen LogP contribution in [0.5, 0.6) is 34.5 Å². The number of para-hydroxylation sites is 1. The van der Waals surface area contributed by atoms with Gasteiger partial charge in [0.15, 0.2) is 0 Å². The molecule has 0 saturated carbocycles. The Bertz CT molecular complexity index is 5940. The molecule has 4 saturated heterocycles. The molecule has 0 radical (unpaired) electrons. The molecule has 4 aliphatic rings. The van der Waals surface area contributed by atoms with Crippen molar-refractivity contribution in [3.63, 3.8) is 0 Å². The monoisotopic (exact) mass is 1660 g/mol. The maximum atomic E-state index is 13.2. The summed E-state index contributed by atoms with van der Waals surface area (Å²) in [6, 6.07) is 47.4. The van der Waals surface area contributed by atoms with E-state index in [1.807, 2.05) is 105 Å². The molecule has 0 spiro atoms. The molecule has 12 aromatic rings. The molecule has 0 aliphatic carbocycles. The lowest BCUT2D eigenvalue weighted by Crippen LogP contribution is -2.38. The van der Waals surface area contributed by atoms with Crippen molar-refractivity contribution in [2.24, 2.45) is 0 Å². The van der Waals surface area contributed by atoms with E-state index in [-0.39, 0.29) is 31.4 Å². The first-order valence-corrected chi connectivity index (χ1v) is 44.4. The third kappa shape index (κ3) is 18.1. The average molecular weight is 1660 g/mol. The number of fused-ring (bicyclic) bond motifs is 4. The Morgan fingerprint density at radius 1 is 0.374 bits per heavy atom. The minimum absolute atomic E-state index is 0.168. The third-order valence-corrected chi connectivity index (χ3v) is 30.6. The summed E-state index contributed by atoms with van der Waals surface area (Å²) in [6.45, 7) is 9.08. The summed E-state index contributed by atoms with van der Waals surface area (Å²) in [5.41, 5.74) is 11.7. The summed E-state index contributed by atoms with van der Waals surface area (Å²) in [4.78, 5) is 25.3. The topological polar surface area (TPSA) is 297 Å². The van der Waals surface area contributed by atoms with Gasteiger partial charge in [-0.05, 0) is 244 Å². The number of aryl methyl sites for hydroxylation is 2. The number of amides is 1. The van der Waals surface area contributed by atoms with E-state index >= 15 is 0 Å². The zero-order valence-corrected chi connectivity index (χ0v) is 69.9. The number of sulfonamides is 4. The van der Waals surface area contributed by atoms with Crippen molar-refractivity contribution in [1.82, 2.24) is 37.2 Å². The molecule has 5 N–H and O–H groups in total. The number of carbonyl (C=O) groups excluding carboxylic acids is 1. The molecule has 4 aromatic heterocycles. The second-order valence-corrected chi connectivity index (χ2v) is 37.4. The minimum atomic E-state index is -3.65. The molecule has 4 fully saturated rings. The Kier molecular flexibility index (Phi) is 25.8. The number of hydrogen-bond donors (Lipinski definition) is 5. The van der Waals surface area contributed by atoms with E-state index < -0.39 is 40.1 Å². The van der Waals surface area contributed by atoms with Crippen LogP contribution in [0.4, 0.5) is 5.69 Å². The van der Waals surface area contributed by atoms with Crippen LogP contribution in [0.15, 0.2) is 202 Å². The van der Waals surface area contributed by atoms with Crippen LogP contribution in [0.1, 0.15) is 115 Å². The molecule has 4 aliphatic heterocycles. The van der Waals surface area contributed by atoms with Crippen LogP contribution in [0, 0.1) is 13.8 Å². The van der Waals surface area contributed by atoms with E-state index in [0.717, 1.165) is 118 Å². The zero-order valence-electron chi connectivity index (χ0n) is 65.9. The molecule has 608 valence electrons. The van der Waals surface area contributed by atoms with Gasteiger partial charge in [0, 0.05) is 144 Å². The number of rotatable bonds is 19. The fourth-order valence-electron chi connectivity index (χ4n) is 16.0. The van der Waals surface area contributed by atoms with Gasteiger partial charge in [0.1, 0.15) is 44.3 Å². The van der Waals surface area contributed by atoms with E-state index in [9.17, 15) is 38.5 Å². The summed E-state index contributed by atoms with van der Waals surface area (Å²) in [7, 11) is -4.81. The number of nitrogens with one attached hydrogen (secondary N) is 5. The second-order valence-electron chi connectivity index (χ2n) is 29.3. The summed E-state index contributed by atoms with van der Waals surface area (Å²) in [6.07, 6.45) is 14.4. The number of benzene rings is 8. The highest BCUT2D eigenvalue weighted by molar-refractivity contribution is 7.90. The van der Waals surface area contributed by atoms with Crippen LogP contribution in [-0.4, -0.2) is 172 Å². The SMILES string of the molecule is COc1ccc(S(=O)(=O)N2CCC(c3c[nH]c4ccc(OC)cc34)CC2)c(OC)c1.COc1ccc2[nH]cc(C3CCN(S(=O)(=O)c4ccc(C)cc4OC)CC3)c2c1.COc1ccc2[nH]cc(C3CCN(S(=O)(=O)c4ccc(NC(C)=O)cc4)CC3)c2c1.Cc1ccc(S(=O)(=O)N2CCC(c3c[nH]c4ccccc34)CC2)cc1Cl. The highest BCUT2D eigenvalue weighted by Gasteiger charge is 2.37. The first-order chi connectivity index (χ1) is 55.3. The number of H-pyrrole nitrogens is 4. The van der Waals surface area contributed by atoms with Crippen molar-refractivity contribution in [3.05, 3.63) is 221 Å². The third-order valence-electron chi connectivity index (χ3n) is 22.5. The van der Waals surface area contributed by atoms with Crippen molar-refractivity contribution >= 4 is 107 Å². The molecular formula is C86H98ClN9O15S4. The largest absolute Gasteiger partial charge is 0.497 e. The zero-order chi connectivity index (χ0) is 81.5. The number of aromatic nitrogens is 4. The minimum Gasteiger partial charge on any atom is -0.497 e. The van der Waals surface area contributed by atoms with Crippen molar-refractivity contribution in [2.45, 2.75) is 115 Å². The number of aromatic amines is 4. The van der Waals surface area contributed by atoms with E-state index in [1.54, 1.807) is 111 Å². The Morgan fingerprint density at radius 2 is 0.713 bits per heavy atom. The fraction of sp³-hybridized carbons (Fsp3) is 0.337. The average Bonchev–Trinajstić information content (AvgIpc) is 1.66. The quantitative estimate of drug-likeness (QED) is 0.0503. The normalized spacial score (nSPS) is 16.3. The van der Waals surface area contributed by atoms with Gasteiger partial charge in [0.25, 0.3) is 0 Å². The van der Waals surface area contributed by atoms with Gasteiger partial charge in [-0.3, -0.25) is 4.79 Å². The van der Waals surface area contributed by atoms with Crippen LogP contribution >= 0.6 is 11.6 Å². The maximum absolute atomic E-state index is 13.2. The van der Waals surface area contributed by atoms with Gasteiger partial charge in [-0.1, -0.05) is 41.9 Å². The van der Waals surface area contributed by atoms with Crippen LogP contribution in [0.3, 0.4) is 0 Å². The number of halogens is 1. The Balaban J connectivity index is 0.000000134. The maximum Gasteiger partial charge on any atom is 0.246 e. The standard InChI is InChI=1S/C22H25N3O4S.C22H26N2O5S.C22H26N2O4S.C20H21ClN2O2S/c1-15(26)24-17-3-6-19(7-4-17)30(27,28)25-11-9-16(10-12-25)21-14-23-22-8-5-18(29-2)13-20(21)22;1-27-16-4-6-20-18(12-16)19(14-23-20)15-8-10-24(11-9-15)30(25,26)22-7-5-17(28-2)13-21(22)29-3;1-15-4-7-22(21(12-15)28-3)29(25,26)24-10-8-16(9-11-24)19-14-23-20-6-5-17(27-2)13-18(19)20;1-14-6-7-16(12-19(14)21)26(24,25)23-10-8-15(9-11-23)18-13-22-20-5-3-2-4-17(18)20/h3-8,13-14,16,23H,9-12H2,1-2H3,(H,24,26);4-7,12-15,23H,8-11H2,1-3H3;4-7,12-14,16,23H,8-11H2,1-3H3;2-7,12-13,15,22H,8-11H2,1H3. The van der Waals surface area contributed by atoms with Crippen molar-refractivity contribution in [2.75, 3.05) is 100 Å². The van der Waals surface area contributed by atoms with Gasteiger partial charge in [-0.15, -0.1) is 0 Å². The van der Waals surface area contributed by atoms with E-state index in [2.05, 4.69) is 43.6 Å². The molecule has 8 aromatic carbocycles. The second kappa shape index (κ2) is 35.7. The lowest BCUT2D eigenvalue weighted by molar-refractivity contribution is -0.114. The van der Waals surface area contributed by atoms with Crippen molar-refractivity contribution in [3.8, 4) is 34.5 Å². The molecule has 29 heteroatoms. The van der Waals surface area contributed by atoms with Gasteiger partial charge in [0.2, 0.25) is 46.0 Å². The number of carbonyl (C=O) groups is 1.